The molecule has 4 heteroatoms. The predicted molar refractivity (Wildman–Crippen MR) is 91.1 cm³/mol. The molecule has 0 saturated carbocycles. The van der Waals surface area contributed by atoms with Crippen LogP contribution >= 0.6 is 0 Å². The van der Waals surface area contributed by atoms with Crippen molar-refractivity contribution in [3.05, 3.63) is 39.2 Å². The molecule has 1 unspecified atom stereocenters. The number of hydrogen-bond acceptors (Lipinski definition) is 3. The van der Waals surface area contributed by atoms with Crippen LogP contribution in [0.1, 0.15) is 43.4 Å². The van der Waals surface area contributed by atoms with Gasteiger partial charge in [-0.05, 0) is 43.4 Å². The number of fused-ring (bicyclic) bond motifs is 1. The Morgan fingerprint density at radius 1 is 1.39 bits per heavy atom. The van der Waals surface area contributed by atoms with Crippen molar-refractivity contribution < 1.29 is 14.4 Å². The number of hydrogen-bond donors (Lipinski definition) is 2. The number of benzene rings is 1. The predicted octanol–water partition coefficient (Wildman–Crippen LogP) is 2.18. The zero-order chi connectivity index (χ0) is 16.6. The molecule has 1 saturated heterocycles. The Kier molecular flexibility index (Phi) is 4.44. The van der Waals surface area contributed by atoms with Gasteiger partial charge in [-0.25, -0.2) is 4.79 Å². The van der Waals surface area contributed by atoms with Crippen molar-refractivity contribution in [1.82, 2.24) is 0 Å². The fourth-order valence-electron chi connectivity index (χ4n) is 3.86. The highest BCUT2D eigenvalue weighted by atomic mass is 16.4. The van der Waals surface area contributed by atoms with Crippen molar-refractivity contribution in [2.24, 2.45) is 5.92 Å². The zero-order valence-electron chi connectivity index (χ0n) is 14.2. The number of aromatic hydroxyl groups is 1. The first-order valence-electron chi connectivity index (χ1n) is 8.61. The number of quaternary nitrogens is 1. The van der Waals surface area contributed by atoms with Crippen LogP contribution in [0.25, 0.3) is 11.0 Å². The number of aryl methyl sites for hydroxylation is 2. The van der Waals surface area contributed by atoms with Crippen LogP contribution < -0.4 is 10.5 Å². The molecule has 1 aromatic carbocycles. The Bertz CT molecular complexity index is 778. The second-order valence-electron chi connectivity index (χ2n) is 6.97. The second kappa shape index (κ2) is 6.36. The maximum atomic E-state index is 11.7. The summed E-state index contributed by atoms with van der Waals surface area (Å²) in [5, 5.41) is 11.6. The quantitative estimate of drug-likeness (QED) is 0.854. The normalized spacial score (nSPS) is 21.7. The highest BCUT2D eigenvalue weighted by molar-refractivity contribution is 5.88. The van der Waals surface area contributed by atoms with E-state index < -0.39 is 0 Å². The number of nitrogens with one attached hydrogen (secondary N) is 1. The lowest BCUT2D eigenvalue weighted by molar-refractivity contribution is -0.922. The van der Waals surface area contributed by atoms with Gasteiger partial charge in [0.2, 0.25) is 0 Å². The van der Waals surface area contributed by atoms with Gasteiger partial charge in [-0.15, -0.1) is 0 Å². The lowest BCUT2D eigenvalue weighted by atomic mass is 9.96. The second-order valence-corrected chi connectivity index (χ2v) is 6.97. The van der Waals surface area contributed by atoms with Crippen molar-refractivity contribution in [1.29, 1.82) is 0 Å². The van der Waals surface area contributed by atoms with Crippen molar-refractivity contribution >= 4 is 11.0 Å². The minimum absolute atomic E-state index is 0.298. The zero-order valence-corrected chi connectivity index (χ0v) is 14.2. The van der Waals surface area contributed by atoms with Gasteiger partial charge in [0.15, 0.2) is 0 Å². The molecule has 0 spiro atoms. The third-order valence-corrected chi connectivity index (χ3v) is 5.09. The molecular formula is C19H26NO3+. The van der Waals surface area contributed by atoms with E-state index in [-0.39, 0.29) is 5.63 Å². The first-order valence-corrected chi connectivity index (χ1v) is 8.61. The van der Waals surface area contributed by atoms with Crippen LogP contribution in [0.3, 0.4) is 0 Å². The molecule has 3 rings (SSSR count). The molecule has 0 aliphatic carbocycles. The molecule has 2 heterocycles. The van der Waals surface area contributed by atoms with E-state index in [1.807, 2.05) is 19.9 Å². The van der Waals surface area contributed by atoms with Gasteiger partial charge in [0.05, 0.1) is 24.0 Å². The Labute approximate surface area is 136 Å². The van der Waals surface area contributed by atoms with Gasteiger partial charge in [-0.1, -0.05) is 13.8 Å². The van der Waals surface area contributed by atoms with Crippen LogP contribution in [0.4, 0.5) is 0 Å². The van der Waals surface area contributed by atoms with E-state index in [4.69, 9.17) is 4.42 Å². The summed E-state index contributed by atoms with van der Waals surface area (Å²) >= 11 is 0. The topological polar surface area (TPSA) is 54.9 Å². The lowest BCUT2D eigenvalue weighted by Crippen LogP contribution is -3.12. The van der Waals surface area contributed by atoms with E-state index in [9.17, 15) is 9.90 Å². The molecule has 0 radical (unpaired) electrons. The van der Waals surface area contributed by atoms with Crippen LogP contribution in [0.5, 0.6) is 5.75 Å². The Hall–Kier alpha value is -1.81. The third kappa shape index (κ3) is 3.13. The summed E-state index contributed by atoms with van der Waals surface area (Å²) in [5.41, 5.74) is 2.99. The highest BCUT2D eigenvalue weighted by Crippen LogP contribution is 2.33. The summed E-state index contributed by atoms with van der Waals surface area (Å²) in [7, 11) is 0. The van der Waals surface area contributed by atoms with Gasteiger partial charge < -0.3 is 14.4 Å². The standard InChI is InChI=1S/C19H25NO3/c1-4-14-9-17(21)23-16-8-13(3)15(19(22)18(14)16)11-20-7-5-6-12(2)10-20/h8-9,12,22H,4-7,10-11H2,1-3H3/p+1/t12-/m1/s1. The maximum Gasteiger partial charge on any atom is 0.336 e. The first kappa shape index (κ1) is 16.1. The van der Waals surface area contributed by atoms with Crippen molar-refractivity contribution in [2.75, 3.05) is 13.1 Å². The average molecular weight is 316 g/mol. The summed E-state index contributed by atoms with van der Waals surface area (Å²) in [6, 6.07) is 3.40. The molecule has 1 aliphatic heterocycles. The molecule has 0 amide bonds. The fourth-order valence-corrected chi connectivity index (χ4v) is 3.86. The molecule has 1 fully saturated rings. The van der Waals surface area contributed by atoms with E-state index in [0.717, 1.165) is 42.2 Å². The van der Waals surface area contributed by atoms with Crippen LogP contribution in [0, 0.1) is 12.8 Å². The minimum Gasteiger partial charge on any atom is -0.507 e. The molecule has 1 aromatic heterocycles. The van der Waals surface area contributed by atoms with Gasteiger partial charge in [0.1, 0.15) is 17.9 Å². The Morgan fingerprint density at radius 3 is 2.87 bits per heavy atom. The Balaban J connectivity index is 2.06. The summed E-state index contributed by atoms with van der Waals surface area (Å²) in [6.45, 7) is 9.42. The van der Waals surface area contributed by atoms with E-state index in [0.29, 0.717) is 23.1 Å². The molecular weight excluding hydrogens is 290 g/mol. The molecule has 2 aromatic rings. The van der Waals surface area contributed by atoms with Gasteiger partial charge in [0, 0.05) is 12.0 Å². The molecule has 2 N–H and O–H groups in total. The fraction of sp³-hybridized carbons (Fsp3) is 0.526. The lowest BCUT2D eigenvalue weighted by Gasteiger charge is -2.28. The Morgan fingerprint density at radius 2 is 2.17 bits per heavy atom. The SMILES string of the molecule is CCc1cc(=O)oc2cc(C)c(C[NH+]3CCC[C@@H](C)C3)c(O)c12. The number of phenols is 1. The number of likely N-dealkylation sites (tertiary alicyclic amines) is 1. The minimum atomic E-state index is -0.351. The molecule has 4 nitrogen and oxygen atoms in total. The van der Waals surface area contributed by atoms with Gasteiger partial charge >= 0.3 is 5.63 Å². The van der Waals surface area contributed by atoms with E-state index in [1.54, 1.807) is 0 Å². The van der Waals surface area contributed by atoms with Crippen LogP contribution in [0.15, 0.2) is 21.3 Å². The van der Waals surface area contributed by atoms with Crippen molar-refractivity contribution in [3.8, 4) is 5.75 Å². The molecule has 1 aliphatic rings. The summed E-state index contributed by atoms with van der Waals surface area (Å²) < 4.78 is 5.31. The number of phenolic OH excluding ortho intramolecular Hbond substituents is 1. The van der Waals surface area contributed by atoms with Gasteiger partial charge in [-0.2, -0.15) is 0 Å². The van der Waals surface area contributed by atoms with Gasteiger partial charge in [-0.3, -0.25) is 0 Å². The van der Waals surface area contributed by atoms with Crippen LogP contribution in [-0.2, 0) is 13.0 Å². The summed E-state index contributed by atoms with van der Waals surface area (Å²) in [4.78, 5) is 13.2. The molecule has 124 valence electrons. The smallest absolute Gasteiger partial charge is 0.336 e. The summed E-state index contributed by atoms with van der Waals surface area (Å²) in [5.74, 6) is 1.04. The largest absolute Gasteiger partial charge is 0.507 e. The highest BCUT2D eigenvalue weighted by Gasteiger charge is 2.23. The van der Waals surface area contributed by atoms with Gasteiger partial charge in [0.25, 0.3) is 0 Å². The maximum absolute atomic E-state index is 11.7. The van der Waals surface area contributed by atoms with Crippen molar-refractivity contribution in [2.45, 2.75) is 46.6 Å². The molecule has 23 heavy (non-hydrogen) atoms. The number of rotatable bonds is 3. The van der Waals surface area contributed by atoms with Crippen LogP contribution in [-0.4, -0.2) is 18.2 Å². The monoisotopic (exact) mass is 316 g/mol. The van der Waals surface area contributed by atoms with E-state index >= 15 is 0 Å². The summed E-state index contributed by atoms with van der Waals surface area (Å²) in [6.07, 6.45) is 3.25. The van der Waals surface area contributed by atoms with E-state index in [1.165, 1.54) is 23.8 Å². The first-order chi connectivity index (χ1) is 11.0. The van der Waals surface area contributed by atoms with Crippen molar-refractivity contribution in [3.63, 3.8) is 0 Å². The molecule has 2 atom stereocenters. The molecule has 0 bridgehead atoms. The average Bonchev–Trinajstić information content (AvgIpc) is 2.50. The van der Waals surface area contributed by atoms with E-state index in [2.05, 4.69) is 6.92 Å². The van der Waals surface area contributed by atoms with Crippen LogP contribution in [0.2, 0.25) is 0 Å². The number of piperidine rings is 1. The third-order valence-electron chi connectivity index (χ3n) is 5.09.